The first-order valence-corrected chi connectivity index (χ1v) is 7.12. The summed E-state index contributed by atoms with van der Waals surface area (Å²) in [4.78, 5) is 2.33. The van der Waals surface area contributed by atoms with E-state index in [0.29, 0.717) is 18.9 Å². The lowest BCUT2D eigenvalue weighted by molar-refractivity contribution is -0.0464. The van der Waals surface area contributed by atoms with Gasteiger partial charge in [0.15, 0.2) is 0 Å². The lowest BCUT2D eigenvalue weighted by atomic mass is 10.2. The monoisotopic (exact) mass is 282 g/mol. The molecule has 0 spiro atoms. The zero-order chi connectivity index (χ0) is 14.4. The molecule has 112 valence electrons. The number of nitrogens with zero attached hydrogens (tertiary/aromatic N) is 1. The highest BCUT2D eigenvalue weighted by Gasteiger charge is 2.19. The molecule has 1 atom stereocenters. The van der Waals surface area contributed by atoms with Crippen molar-refractivity contribution in [2.45, 2.75) is 19.6 Å². The topological polar surface area (TPSA) is 33.7 Å². The number of likely N-dealkylation sites (N-methyl/N-ethyl adjacent to an activating group) is 1. The van der Waals surface area contributed by atoms with E-state index < -0.39 is 0 Å². The first-order chi connectivity index (χ1) is 9.71. The summed E-state index contributed by atoms with van der Waals surface area (Å²) < 4.78 is 24.8. The van der Waals surface area contributed by atoms with Crippen LogP contribution in [-0.4, -0.2) is 50.9 Å². The van der Waals surface area contributed by atoms with Crippen molar-refractivity contribution in [2.75, 3.05) is 39.9 Å². The number of rotatable bonds is 6. The molecular weight excluding hydrogens is 259 g/mol. The number of hydrogen-bond acceptors (Lipinski definition) is 4. The fourth-order valence-electron chi connectivity index (χ4n) is 2.37. The average molecular weight is 282 g/mol. The first-order valence-electron chi connectivity index (χ1n) is 7.12. The van der Waals surface area contributed by atoms with Crippen LogP contribution < -0.4 is 10.1 Å². The predicted molar refractivity (Wildman–Crippen MR) is 76.5 cm³/mol. The van der Waals surface area contributed by atoms with Crippen LogP contribution in [0.1, 0.15) is 12.5 Å². The number of halogens is 1. The molecule has 20 heavy (non-hydrogen) atoms. The molecule has 1 unspecified atom stereocenters. The van der Waals surface area contributed by atoms with Crippen molar-refractivity contribution in [3.05, 3.63) is 29.6 Å². The van der Waals surface area contributed by atoms with E-state index in [1.54, 1.807) is 0 Å². The molecule has 1 aliphatic heterocycles. The van der Waals surface area contributed by atoms with Crippen LogP contribution in [0.5, 0.6) is 5.75 Å². The van der Waals surface area contributed by atoms with E-state index in [2.05, 4.69) is 17.1 Å². The Kier molecular flexibility index (Phi) is 5.76. The molecule has 1 aliphatic rings. The lowest BCUT2D eigenvalue weighted by Gasteiger charge is -2.31. The number of morpholine rings is 1. The number of benzene rings is 1. The summed E-state index contributed by atoms with van der Waals surface area (Å²) in [6.45, 7) is 6.81. The van der Waals surface area contributed by atoms with Gasteiger partial charge >= 0.3 is 0 Å². The maximum absolute atomic E-state index is 13.5. The maximum Gasteiger partial charge on any atom is 0.127 e. The summed E-state index contributed by atoms with van der Waals surface area (Å²) >= 11 is 0. The van der Waals surface area contributed by atoms with Crippen molar-refractivity contribution < 1.29 is 13.9 Å². The third kappa shape index (κ3) is 4.44. The quantitative estimate of drug-likeness (QED) is 0.860. The van der Waals surface area contributed by atoms with Crippen LogP contribution in [0.15, 0.2) is 18.2 Å². The minimum Gasteiger partial charge on any atom is -0.491 e. The normalized spacial score (nSPS) is 20.1. The largest absolute Gasteiger partial charge is 0.491 e. The second-order valence-corrected chi connectivity index (χ2v) is 5.02. The minimum atomic E-state index is -0.271. The van der Waals surface area contributed by atoms with Gasteiger partial charge < -0.3 is 14.8 Å². The highest BCUT2D eigenvalue weighted by molar-refractivity contribution is 5.29. The summed E-state index contributed by atoms with van der Waals surface area (Å²) in [5, 5.41) is 3.00. The Hall–Kier alpha value is -1.17. The molecule has 5 heteroatoms. The zero-order valence-corrected chi connectivity index (χ0v) is 12.2. The SMILES string of the molecule is CCN1CCOC(COc2cc(F)cc(CNC)c2)C1. The molecule has 1 fully saturated rings. The molecule has 0 saturated carbocycles. The molecule has 0 aliphatic carbocycles. The van der Waals surface area contributed by atoms with Crippen LogP contribution >= 0.6 is 0 Å². The van der Waals surface area contributed by atoms with Gasteiger partial charge in [-0.3, -0.25) is 4.90 Å². The molecule has 4 nitrogen and oxygen atoms in total. The summed E-state index contributed by atoms with van der Waals surface area (Å²) in [5.41, 5.74) is 0.877. The standard InChI is InChI=1S/C15H23FN2O2/c1-3-18-4-5-19-15(10-18)11-20-14-7-12(9-17-2)6-13(16)8-14/h6-8,15,17H,3-5,9-11H2,1-2H3. The van der Waals surface area contributed by atoms with Gasteiger partial charge in [-0.25, -0.2) is 4.39 Å². The van der Waals surface area contributed by atoms with Crippen molar-refractivity contribution in [1.82, 2.24) is 10.2 Å². The molecule has 1 aromatic carbocycles. The Morgan fingerprint density at radius 3 is 3.05 bits per heavy atom. The van der Waals surface area contributed by atoms with Crippen molar-refractivity contribution in [2.24, 2.45) is 0 Å². The molecule has 0 aromatic heterocycles. The predicted octanol–water partition coefficient (Wildman–Crippen LogP) is 1.64. The molecule has 1 N–H and O–H groups in total. The van der Waals surface area contributed by atoms with Gasteiger partial charge in [-0.05, 0) is 31.3 Å². The summed E-state index contributed by atoms with van der Waals surface area (Å²) in [6, 6.07) is 4.79. The van der Waals surface area contributed by atoms with Gasteiger partial charge in [0.1, 0.15) is 24.3 Å². The van der Waals surface area contributed by atoms with E-state index in [-0.39, 0.29) is 11.9 Å². The second kappa shape index (κ2) is 7.57. The van der Waals surface area contributed by atoms with Crippen molar-refractivity contribution in [3.63, 3.8) is 0 Å². The van der Waals surface area contributed by atoms with Crippen LogP contribution in [0.3, 0.4) is 0 Å². The van der Waals surface area contributed by atoms with Crippen LogP contribution in [0.2, 0.25) is 0 Å². The van der Waals surface area contributed by atoms with Gasteiger partial charge in [-0.2, -0.15) is 0 Å². The fourth-order valence-corrected chi connectivity index (χ4v) is 2.37. The smallest absolute Gasteiger partial charge is 0.127 e. The first kappa shape index (κ1) is 15.2. The summed E-state index contributed by atoms with van der Waals surface area (Å²) in [7, 11) is 1.83. The molecule has 0 radical (unpaired) electrons. The highest BCUT2D eigenvalue weighted by atomic mass is 19.1. The Morgan fingerprint density at radius 1 is 1.45 bits per heavy atom. The Balaban J connectivity index is 1.89. The molecule has 2 rings (SSSR count). The van der Waals surface area contributed by atoms with Crippen molar-refractivity contribution in [3.8, 4) is 5.75 Å². The van der Waals surface area contributed by atoms with Crippen molar-refractivity contribution in [1.29, 1.82) is 0 Å². The van der Waals surface area contributed by atoms with Crippen LogP contribution in [0, 0.1) is 5.82 Å². The van der Waals surface area contributed by atoms with Gasteiger partial charge in [-0.1, -0.05) is 6.92 Å². The molecule has 1 aromatic rings. The average Bonchev–Trinajstić information content (AvgIpc) is 2.45. The number of ether oxygens (including phenoxy) is 2. The summed E-state index contributed by atoms with van der Waals surface area (Å²) in [6.07, 6.45) is 0.0553. The lowest BCUT2D eigenvalue weighted by Crippen LogP contribution is -2.44. The Morgan fingerprint density at radius 2 is 2.30 bits per heavy atom. The molecule has 0 bridgehead atoms. The van der Waals surface area contributed by atoms with Gasteiger partial charge in [0.25, 0.3) is 0 Å². The van der Waals surface area contributed by atoms with E-state index in [1.165, 1.54) is 12.1 Å². The van der Waals surface area contributed by atoms with Crippen LogP contribution in [0.4, 0.5) is 4.39 Å². The Labute approximate surface area is 119 Å². The summed E-state index contributed by atoms with van der Waals surface area (Å²) in [5.74, 6) is 0.292. The van der Waals surface area contributed by atoms with Gasteiger partial charge in [0.05, 0.1) is 6.61 Å². The number of hydrogen-bond donors (Lipinski definition) is 1. The van der Waals surface area contributed by atoms with E-state index in [0.717, 1.165) is 31.8 Å². The fraction of sp³-hybridized carbons (Fsp3) is 0.600. The Bertz CT molecular complexity index is 428. The molecule has 1 heterocycles. The minimum absolute atomic E-state index is 0.0553. The van der Waals surface area contributed by atoms with E-state index in [1.807, 2.05) is 13.1 Å². The third-order valence-electron chi connectivity index (χ3n) is 3.42. The van der Waals surface area contributed by atoms with E-state index >= 15 is 0 Å². The maximum atomic E-state index is 13.5. The van der Waals surface area contributed by atoms with Crippen LogP contribution in [0.25, 0.3) is 0 Å². The van der Waals surface area contributed by atoms with Crippen molar-refractivity contribution >= 4 is 0 Å². The number of nitrogens with one attached hydrogen (secondary N) is 1. The van der Waals surface area contributed by atoms with Gasteiger partial charge in [-0.15, -0.1) is 0 Å². The van der Waals surface area contributed by atoms with Crippen LogP contribution in [-0.2, 0) is 11.3 Å². The molecular formula is C15H23FN2O2. The highest BCUT2D eigenvalue weighted by Crippen LogP contribution is 2.17. The van der Waals surface area contributed by atoms with Gasteiger partial charge in [0.2, 0.25) is 0 Å². The van der Waals surface area contributed by atoms with E-state index in [4.69, 9.17) is 9.47 Å². The second-order valence-electron chi connectivity index (χ2n) is 5.02. The van der Waals surface area contributed by atoms with E-state index in [9.17, 15) is 4.39 Å². The molecule has 1 saturated heterocycles. The van der Waals surface area contributed by atoms with Gasteiger partial charge in [0, 0.05) is 25.7 Å². The molecule has 0 amide bonds. The zero-order valence-electron chi connectivity index (χ0n) is 12.2. The third-order valence-corrected chi connectivity index (χ3v) is 3.42.